The summed E-state index contributed by atoms with van der Waals surface area (Å²) in [6, 6.07) is -0.278. The lowest BCUT2D eigenvalue weighted by molar-refractivity contribution is -0.133. The number of amides is 3. The van der Waals surface area contributed by atoms with E-state index in [1.54, 1.807) is 0 Å². The van der Waals surface area contributed by atoms with Crippen LogP contribution in [0.2, 0.25) is 0 Å². The molecule has 2 spiro atoms. The van der Waals surface area contributed by atoms with Crippen LogP contribution in [0.25, 0.3) is 0 Å². The Morgan fingerprint density at radius 3 is 2.00 bits per heavy atom. The minimum Gasteiger partial charge on any atom is -0.323 e. The predicted molar refractivity (Wildman–Crippen MR) is 68.4 cm³/mol. The summed E-state index contributed by atoms with van der Waals surface area (Å²) in [4.78, 5) is 36.4. The first kappa shape index (κ1) is 12.6. The van der Waals surface area contributed by atoms with Crippen molar-refractivity contribution in [3.63, 3.8) is 0 Å². The number of hydrogen-bond acceptors (Lipinski definition) is 3. The molecule has 2 saturated carbocycles. The van der Waals surface area contributed by atoms with Crippen molar-refractivity contribution in [1.82, 2.24) is 10.2 Å². The van der Waals surface area contributed by atoms with Crippen molar-refractivity contribution in [3.8, 4) is 0 Å². The van der Waals surface area contributed by atoms with Crippen LogP contribution in [0.5, 0.6) is 0 Å². The molecule has 0 radical (unpaired) electrons. The Kier molecular flexibility index (Phi) is 2.69. The minimum absolute atomic E-state index is 0.0840. The second-order valence-corrected chi connectivity index (χ2v) is 6.42. The summed E-state index contributed by atoms with van der Waals surface area (Å²) in [6.45, 7) is 0. The standard InChI is InChI=1S/C14H20N2O3/c1-16-11(18)14(15-12(16)19)8-6-13(7-9-14)4-2-10(17)3-5-13/h2-9H2,1H3,(H,15,19). The molecule has 1 N–H and O–H groups in total. The molecule has 1 saturated heterocycles. The van der Waals surface area contributed by atoms with Crippen LogP contribution in [0.3, 0.4) is 0 Å². The van der Waals surface area contributed by atoms with Crippen molar-refractivity contribution in [2.45, 2.75) is 56.9 Å². The maximum atomic E-state index is 12.2. The fourth-order valence-corrected chi connectivity index (χ4v) is 3.86. The summed E-state index contributed by atoms with van der Waals surface area (Å²) in [7, 11) is 1.54. The number of hydrogen-bond donors (Lipinski definition) is 1. The molecule has 0 aromatic rings. The number of imide groups is 1. The Hall–Kier alpha value is -1.39. The molecule has 0 atom stereocenters. The van der Waals surface area contributed by atoms with Crippen LogP contribution in [-0.2, 0) is 9.59 Å². The van der Waals surface area contributed by atoms with Gasteiger partial charge in [0, 0.05) is 19.9 Å². The zero-order valence-corrected chi connectivity index (χ0v) is 11.3. The first-order valence-corrected chi connectivity index (χ1v) is 7.09. The Morgan fingerprint density at radius 2 is 1.53 bits per heavy atom. The van der Waals surface area contributed by atoms with E-state index in [0.29, 0.717) is 18.6 Å². The molecule has 3 amide bonds. The molecule has 5 nitrogen and oxygen atoms in total. The van der Waals surface area contributed by atoms with Gasteiger partial charge in [-0.1, -0.05) is 0 Å². The van der Waals surface area contributed by atoms with Crippen molar-refractivity contribution < 1.29 is 14.4 Å². The Labute approximate surface area is 112 Å². The summed E-state index contributed by atoms with van der Waals surface area (Å²) in [6.07, 6.45) is 6.62. The second kappa shape index (κ2) is 4.05. The van der Waals surface area contributed by atoms with E-state index >= 15 is 0 Å². The molecule has 0 aromatic heterocycles. The number of likely N-dealkylation sites (N-methyl/N-ethyl adjacent to an activating group) is 1. The van der Waals surface area contributed by atoms with Gasteiger partial charge in [-0.3, -0.25) is 14.5 Å². The number of urea groups is 1. The van der Waals surface area contributed by atoms with Crippen molar-refractivity contribution >= 4 is 17.7 Å². The highest BCUT2D eigenvalue weighted by Crippen LogP contribution is 2.50. The highest BCUT2D eigenvalue weighted by atomic mass is 16.2. The maximum Gasteiger partial charge on any atom is 0.324 e. The molecule has 3 rings (SSSR count). The topological polar surface area (TPSA) is 66.5 Å². The monoisotopic (exact) mass is 264 g/mol. The number of carbonyl (C=O) groups excluding carboxylic acids is 3. The molecule has 1 aliphatic heterocycles. The van der Waals surface area contributed by atoms with Gasteiger partial charge in [-0.25, -0.2) is 4.79 Å². The van der Waals surface area contributed by atoms with Crippen molar-refractivity contribution in [1.29, 1.82) is 0 Å². The number of rotatable bonds is 0. The fraction of sp³-hybridized carbons (Fsp3) is 0.786. The van der Waals surface area contributed by atoms with Gasteiger partial charge in [0.1, 0.15) is 11.3 Å². The van der Waals surface area contributed by atoms with E-state index < -0.39 is 5.54 Å². The summed E-state index contributed by atoms with van der Waals surface area (Å²) < 4.78 is 0. The molecule has 0 unspecified atom stereocenters. The van der Waals surface area contributed by atoms with Crippen LogP contribution in [0, 0.1) is 5.41 Å². The van der Waals surface area contributed by atoms with Gasteiger partial charge in [-0.05, 0) is 43.9 Å². The zero-order chi connectivity index (χ0) is 13.7. The van der Waals surface area contributed by atoms with E-state index in [2.05, 4.69) is 5.32 Å². The lowest BCUT2D eigenvalue weighted by Gasteiger charge is -2.45. The average molecular weight is 264 g/mol. The van der Waals surface area contributed by atoms with Gasteiger partial charge in [-0.15, -0.1) is 0 Å². The van der Waals surface area contributed by atoms with E-state index in [1.165, 1.54) is 11.9 Å². The van der Waals surface area contributed by atoms with Gasteiger partial charge in [-0.2, -0.15) is 0 Å². The summed E-state index contributed by atoms with van der Waals surface area (Å²) in [5.74, 6) is 0.287. The third-order valence-corrected chi connectivity index (χ3v) is 5.40. The van der Waals surface area contributed by atoms with Crippen LogP contribution >= 0.6 is 0 Å². The summed E-state index contributed by atoms with van der Waals surface area (Å²) in [5.41, 5.74) is -0.413. The molecular weight excluding hydrogens is 244 g/mol. The van der Waals surface area contributed by atoms with Gasteiger partial charge in [0.05, 0.1) is 0 Å². The highest BCUT2D eigenvalue weighted by Gasteiger charge is 2.54. The molecule has 5 heteroatoms. The van der Waals surface area contributed by atoms with Gasteiger partial charge in [0.2, 0.25) is 0 Å². The molecule has 3 aliphatic rings. The van der Waals surface area contributed by atoms with Crippen LogP contribution < -0.4 is 5.32 Å². The van der Waals surface area contributed by atoms with Gasteiger partial charge in [0.25, 0.3) is 5.91 Å². The van der Waals surface area contributed by atoms with E-state index in [4.69, 9.17) is 0 Å². The number of carbonyl (C=O) groups is 3. The largest absolute Gasteiger partial charge is 0.324 e. The Morgan fingerprint density at radius 1 is 0.947 bits per heavy atom. The maximum absolute atomic E-state index is 12.2. The number of nitrogens with zero attached hydrogens (tertiary/aromatic N) is 1. The Balaban J connectivity index is 1.71. The molecule has 2 aliphatic carbocycles. The summed E-state index contributed by atoms with van der Waals surface area (Å²) in [5, 5.41) is 2.87. The van der Waals surface area contributed by atoms with E-state index in [9.17, 15) is 14.4 Å². The van der Waals surface area contributed by atoms with Crippen LogP contribution in [0.15, 0.2) is 0 Å². The molecule has 3 fully saturated rings. The number of ketones is 1. The molecule has 1 heterocycles. The fourth-order valence-electron chi connectivity index (χ4n) is 3.86. The lowest BCUT2D eigenvalue weighted by atomic mass is 9.61. The van der Waals surface area contributed by atoms with Crippen molar-refractivity contribution in [3.05, 3.63) is 0 Å². The smallest absolute Gasteiger partial charge is 0.323 e. The normalized spacial score (nSPS) is 29.1. The third kappa shape index (κ3) is 1.86. The third-order valence-electron chi connectivity index (χ3n) is 5.40. The summed E-state index contributed by atoms with van der Waals surface area (Å²) >= 11 is 0. The predicted octanol–water partition coefficient (Wildman–Crippen LogP) is 1.61. The molecule has 104 valence electrons. The molecule has 0 bridgehead atoms. The van der Waals surface area contributed by atoms with Crippen molar-refractivity contribution in [2.24, 2.45) is 5.41 Å². The van der Waals surface area contributed by atoms with Crippen LogP contribution in [0.1, 0.15) is 51.4 Å². The highest BCUT2D eigenvalue weighted by molar-refractivity contribution is 6.06. The van der Waals surface area contributed by atoms with Crippen molar-refractivity contribution in [2.75, 3.05) is 7.05 Å². The van der Waals surface area contributed by atoms with E-state index in [-0.39, 0.29) is 17.4 Å². The van der Waals surface area contributed by atoms with Gasteiger partial charge in [0.15, 0.2) is 0 Å². The molecular formula is C14H20N2O3. The number of Topliss-reactive ketones (excluding diaryl/α,β-unsaturated/α-hetero) is 1. The lowest BCUT2D eigenvalue weighted by Crippen LogP contribution is -2.52. The first-order chi connectivity index (χ1) is 8.96. The van der Waals surface area contributed by atoms with Crippen LogP contribution in [0.4, 0.5) is 4.79 Å². The Bertz CT molecular complexity index is 438. The quantitative estimate of drug-likeness (QED) is 0.676. The van der Waals surface area contributed by atoms with E-state index in [1.807, 2.05) is 0 Å². The SMILES string of the molecule is CN1C(=O)NC2(CCC3(CCC(=O)CC3)CC2)C1=O. The number of nitrogens with one attached hydrogen (secondary N) is 1. The molecule has 0 aromatic carbocycles. The first-order valence-electron chi connectivity index (χ1n) is 7.09. The molecule has 19 heavy (non-hydrogen) atoms. The van der Waals surface area contributed by atoms with E-state index in [0.717, 1.165) is 38.5 Å². The second-order valence-electron chi connectivity index (χ2n) is 6.42. The van der Waals surface area contributed by atoms with Gasteiger partial charge >= 0.3 is 6.03 Å². The van der Waals surface area contributed by atoms with Crippen LogP contribution in [-0.4, -0.2) is 35.2 Å². The minimum atomic E-state index is -0.654. The zero-order valence-electron chi connectivity index (χ0n) is 11.3. The van der Waals surface area contributed by atoms with Gasteiger partial charge < -0.3 is 5.32 Å². The average Bonchev–Trinajstić information content (AvgIpc) is 2.62.